The maximum atomic E-state index is 10.7. The van der Waals surface area contributed by atoms with E-state index in [-0.39, 0.29) is 12.9 Å². The van der Waals surface area contributed by atoms with E-state index in [1.807, 2.05) is 36.7 Å². The summed E-state index contributed by atoms with van der Waals surface area (Å²) in [5.74, 6) is 3.22. The van der Waals surface area contributed by atoms with Crippen LogP contribution in [0.5, 0.6) is 17.2 Å². The molecule has 7 nitrogen and oxygen atoms in total. The van der Waals surface area contributed by atoms with Crippen LogP contribution in [-0.4, -0.2) is 52.1 Å². The summed E-state index contributed by atoms with van der Waals surface area (Å²) < 4.78 is 17.0. The van der Waals surface area contributed by atoms with Gasteiger partial charge in [-0.05, 0) is 48.4 Å². The molecule has 0 bridgehead atoms. The van der Waals surface area contributed by atoms with E-state index in [1.54, 1.807) is 0 Å². The molecule has 3 aromatic rings. The number of H-pyrrole nitrogens is 1. The van der Waals surface area contributed by atoms with Crippen LogP contribution in [0, 0.1) is 11.8 Å². The fourth-order valence-electron chi connectivity index (χ4n) is 5.26. The van der Waals surface area contributed by atoms with E-state index in [1.165, 1.54) is 10.9 Å². The lowest BCUT2D eigenvalue weighted by atomic mass is 9.78. The van der Waals surface area contributed by atoms with Gasteiger partial charge in [-0.3, -0.25) is 9.88 Å². The Labute approximate surface area is 174 Å². The number of hydrogen-bond acceptors (Lipinski definition) is 6. The zero-order chi connectivity index (χ0) is 20.1. The van der Waals surface area contributed by atoms with Gasteiger partial charge in [-0.1, -0.05) is 0 Å². The van der Waals surface area contributed by atoms with Gasteiger partial charge in [0.1, 0.15) is 11.9 Å². The molecule has 1 aromatic carbocycles. The van der Waals surface area contributed by atoms with Crippen molar-refractivity contribution in [3.63, 3.8) is 0 Å². The van der Waals surface area contributed by atoms with Gasteiger partial charge in [0.15, 0.2) is 11.5 Å². The number of fused-ring (bicyclic) bond motifs is 3. The summed E-state index contributed by atoms with van der Waals surface area (Å²) in [6.45, 7) is 3.20. The highest BCUT2D eigenvalue weighted by atomic mass is 16.7. The van der Waals surface area contributed by atoms with Crippen LogP contribution in [-0.2, 0) is 6.54 Å². The molecule has 1 saturated carbocycles. The van der Waals surface area contributed by atoms with Crippen LogP contribution in [0.2, 0.25) is 0 Å². The van der Waals surface area contributed by atoms with Crippen molar-refractivity contribution in [3.05, 3.63) is 48.4 Å². The number of rotatable bonds is 4. The first kappa shape index (κ1) is 18.0. The van der Waals surface area contributed by atoms with Crippen LogP contribution < -0.4 is 14.2 Å². The minimum absolute atomic E-state index is 0.191. The van der Waals surface area contributed by atoms with Crippen molar-refractivity contribution in [2.75, 3.05) is 19.9 Å². The molecule has 0 amide bonds. The molecule has 7 heteroatoms. The molecule has 1 saturated heterocycles. The second kappa shape index (κ2) is 7.18. The van der Waals surface area contributed by atoms with Crippen molar-refractivity contribution in [1.29, 1.82) is 0 Å². The van der Waals surface area contributed by atoms with Crippen LogP contribution in [0.15, 0.2) is 42.9 Å². The highest BCUT2D eigenvalue weighted by Gasteiger charge is 2.42. The van der Waals surface area contributed by atoms with Crippen LogP contribution in [0.1, 0.15) is 18.4 Å². The highest BCUT2D eigenvalue weighted by Crippen LogP contribution is 2.40. The second-order valence-electron chi connectivity index (χ2n) is 8.66. The SMILES string of the molecule is O[C@@H]1C[C@H]2CN(Cc3c[nH]c4ccncc34)C[C@H]2C[C@H]1Oc1ccc2c(c1)OCO2. The van der Waals surface area contributed by atoms with Gasteiger partial charge in [-0.2, -0.15) is 0 Å². The lowest BCUT2D eigenvalue weighted by Crippen LogP contribution is -2.42. The van der Waals surface area contributed by atoms with Crippen molar-refractivity contribution in [2.24, 2.45) is 11.8 Å². The zero-order valence-electron chi connectivity index (χ0n) is 16.7. The van der Waals surface area contributed by atoms with Gasteiger partial charge in [-0.25, -0.2) is 0 Å². The summed E-state index contributed by atoms with van der Waals surface area (Å²) in [5.41, 5.74) is 2.41. The molecule has 1 aliphatic carbocycles. The van der Waals surface area contributed by atoms with Crippen LogP contribution in [0.3, 0.4) is 0 Å². The standard InChI is InChI=1S/C23H25N3O4/c27-20-5-14-10-26(12-16-8-25-19-3-4-24-9-18(16)19)11-15(14)6-22(20)30-17-1-2-21-23(7-17)29-13-28-21/h1-4,7-9,14-15,20,22,25,27H,5-6,10-13H2/t14-,15+,20+,22+/m0/s1. The van der Waals surface area contributed by atoms with Crippen LogP contribution in [0.4, 0.5) is 0 Å². The number of aliphatic hydroxyl groups is 1. The lowest BCUT2D eigenvalue weighted by molar-refractivity contribution is -0.0232. The van der Waals surface area contributed by atoms with Gasteiger partial charge in [0.25, 0.3) is 0 Å². The smallest absolute Gasteiger partial charge is 0.231 e. The second-order valence-corrected chi connectivity index (χ2v) is 8.66. The van der Waals surface area contributed by atoms with E-state index in [0.717, 1.165) is 49.5 Å². The molecule has 6 rings (SSSR count). The predicted octanol–water partition coefficient (Wildman–Crippen LogP) is 2.94. The van der Waals surface area contributed by atoms with E-state index < -0.39 is 6.10 Å². The Morgan fingerprint density at radius 3 is 2.93 bits per heavy atom. The average Bonchev–Trinajstić information content (AvgIpc) is 3.47. The number of nitrogens with one attached hydrogen (secondary N) is 1. The van der Waals surface area contributed by atoms with E-state index >= 15 is 0 Å². The third kappa shape index (κ3) is 3.18. The molecule has 2 fully saturated rings. The number of aliphatic hydroxyl groups excluding tert-OH is 1. The van der Waals surface area contributed by atoms with Crippen LogP contribution in [0.25, 0.3) is 10.9 Å². The van der Waals surface area contributed by atoms with Gasteiger partial charge in [0.05, 0.1) is 6.10 Å². The predicted molar refractivity (Wildman–Crippen MR) is 111 cm³/mol. The molecule has 156 valence electrons. The molecule has 3 aliphatic rings. The van der Waals surface area contributed by atoms with Crippen molar-refractivity contribution in [2.45, 2.75) is 31.6 Å². The van der Waals surface area contributed by atoms with Crippen molar-refractivity contribution >= 4 is 10.9 Å². The van der Waals surface area contributed by atoms with Crippen LogP contribution >= 0.6 is 0 Å². The van der Waals surface area contributed by atoms with E-state index in [4.69, 9.17) is 14.2 Å². The minimum Gasteiger partial charge on any atom is -0.488 e. The Morgan fingerprint density at radius 1 is 1.13 bits per heavy atom. The number of aromatic nitrogens is 2. The molecule has 4 heterocycles. The molecule has 0 radical (unpaired) electrons. The summed E-state index contributed by atoms with van der Waals surface area (Å²) in [6, 6.07) is 7.62. The maximum absolute atomic E-state index is 10.7. The number of hydrogen-bond donors (Lipinski definition) is 2. The molecular weight excluding hydrogens is 382 g/mol. The molecule has 4 atom stereocenters. The topological polar surface area (TPSA) is 79.8 Å². The molecule has 2 aromatic heterocycles. The van der Waals surface area contributed by atoms with Crippen molar-refractivity contribution in [1.82, 2.24) is 14.9 Å². The fraction of sp³-hybridized carbons (Fsp3) is 0.435. The molecule has 0 spiro atoms. The van der Waals surface area contributed by atoms with Gasteiger partial charge in [-0.15, -0.1) is 0 Å². The Hall–Kier alpha value is -2.77. The van der Waals surface area contributed by atoms with Gasteiger partial charge in [0.2, 0.25) is 6.79 Å². The maximum Gasteiger partial charge on any atom is 0.231 e. The van der Waals surface area contributed by atoms with Gasteiger partial charge >= 0.3 is 0 Å². The Balaban J connectivity index is 1.13. The molecule has 2 aliphatic heterocycles. The average molecular weight is 407 g/mol. The Kier molecular flexibility index (Phi) is 4.32. The lowest BCUT2D eigenvalue weighted by Gasteiger charge is -2.35. The number of ether oxygens (including phenoxy) is 3. The Morgan fingerprint density at radius 2 is 2.00 bits per heavy atom. The number of aromatic amines is 1. The molecule has 0 unspecified atom stereocenters. The summed E-state index contributed by atoms with van der Waals surface area (Å²) >= 11 is 0. The van der Waals surface area contributed by atoms with E-state index in [0.29, 0.717) is 17.6 Å². The van der Waals surface area contributed by atoms with Gasteiger partial charge in [0, 0.05) is 55.2 Å². The molecule has 30 heavy (non-hydrogen) atoms. The first-order chi connectivity index (χ1) is 14.7. The number of nitrogens with zero attached hydrogens (tertiary/aromatic N) is 2. The first-order valence-electron chi connectivity index (χ1n) is 10.6. The zero-order valence-corrected chi connectivity index (χ0v) is 16.7. The third-order valence-corrected chi connectivity index (χ3v) is 6.75. The number of pyridine rings is 1. The molecule has 2 N–H and O–H groups in total. The number of benzene rings is 1. The quantitative estimate of drug-likeness (QED) is 0.692. The third-order valence-electron chi connectivity index (χ3n) is 6.75. The highest BCUT2D eigenvalue weighted by molar-refractivity contribution is 5.81. The summed E-state index contributed by atoms with van der Waals surface area (Å²) in [7, 11) is 0. The minimum atomic E-state index is -0.450. The van der Waals surface area contributed by atoms with E-state index in [2.05, 4.69) is 21.1 Å². The number of likely N-dealkylation sites (tertiary alicyclic amines) is 1. The van der Waals surface area contributed by atoms with Crippen molar-refractivity contribution in [3.8, 4) is 17.2 Å². The largest absolute Gasteiger partial charge is 0.488 e. The monoisotopic (exact) mass is 407 g/mol. The van der Waals surface area contributed by atoms with E-state index in [9.17, 15) is 5.11 Å². The Bertz CT molecular complexity index is 1070. The normalized spacial score (nSPS) is 28.0. The summed E-state index contributed by atoms with van der Waals surface area (Å²) in [6.07, 6.45) is 6.85. The van der Waals surface area contributed by atoms with Gasteiger partial charge < -0.3 is 24.3 Å². The summed E-state index contributed by atoms with van der Waals surface area (Å²) in [5, 5.41) is 11.9. The summed E-state index contributed by atoms with van der Waals surface area (Å²) in [4.78, 5) is 10.1. The fourth-order valence-corrected chi connectivity index (χ4v) is 5.26. The van der Waals surface area contributed by atoms with Crippen molar-refractivity contribution < 1.29 is 19.3 Å². The molecular formula is C23H25N3O4. The first-order valence-corrected chi connectivity index (χ1v) is 10.6.